The molecule has 3 aromatic rings. The van der Waals surface area contributed by atoms with Gasteiger partial charge in [-0.15, -0.1) is 0 Å². The maximum atomic E-state index is 13.7. The summed E-state index contributed by atoms with van der Waals surface area (Å²) in [6, 6.07) is 13.3. The van der Waals surface area contributed by atoms with Crippen molar-refractivity contribution in [3.05, 3.63) is 77.4 Å². The molecule has 2 aromatic carbocycles. The normalized spacial score (nSPS) is 11.3. The van der Waals surface area contributed by atoms with Gasteiger partial charge >= 0.3 is 0 Å². The number of hydrogen-bond donors (Lipinski definition) is 2. The molecule has 0 radical (unpaired) electrons. The van der Waals surface area contributed by atoms with Gasteiger partial charge in [-0.3, -0.25) is 14.8 Å². The number of benzene rings is 2. The lowest BCUT2D eigenvalue weighted by molar-refractivity contribution is 0.0977. The molecule has 32 heavy (non-hydrogen) atoms. The minimum atomic E-state index is -0.379. The molecular formula is C24H29FN6O. The molecule has 7 nitrogen and oxygen atoms in total. The molecule has 0 aliphatic rings. The number of carbonyl (C=O) groups is 1. The fraction of sp³-hybridized carbons (Fsp3) is 0.292. The lowest BCUT2D eigenvalue weighted by Gasteiger charge is -2.15. The van der Waals surface area contributed by atoms with E-state index < -0.39 is 0 Å². The smallest absolute Gasteiger partial charge is 0.258 e. The summed E-state index contributed by atoms with van der Waals surface area (Å²) < 4.78 is 15.6. The average Bonchev–Trinajstić information content (AvgIpc) is 3.11. The fourth-order valence-electron chi connectivity index (χ4n) is 3.14. The van der Waals surface area contributed by atoms with Crippen LogP contribution in [0.15, 0.2) is 59.7 Å². The predicted molar refractivity (Wildman–Crippen MR) is 127 cm³/mol. The molecule has 1 amide bonds. The van der Waals surface area contributed by atoms with Crippen molar-refractivity contribution in [3.63, 3.8) is 0 Å². The molecule has 168 valence electrons. The van der Waals surface area contributed by atoms with Crippen LogP contribution in [0.5, 0.6) is 0 Å². The number of halogens is 1. The molecule has 1 heterocycles. The zero-order chi connectivity index (χ0) is 23.1. The van der Waals surface area contributed by atoms with Crippen molar-refractivity contribution in [2.24, 2.45) is 4.99 Å². The van der Waals surface area contributed by atoms with Crippen molar-refractivity contribution in [1.29, 1.82) is 0 Å². The van der Waals surface area contributed by atoms with E-state index in [1.165, 1.54) is 12.1 Å². The van der Waals surface area contributed by atoms with Gasteiger partial charge in [-0.05, 0) is 49.7 Å². The third kappa shape index (κ3) is 6.16. The zero-order valence-electron chi connectivity index (χ0n) is 18.9. The number of rotatable bonds is 7. The van der Waals surface area contributed by atoms with Crippen molar-refractivity contribution < 1.29 is 9.18 Å². The number of aliphatic imine (C=N–C) groups is 1. The number of nitrogens with one attached hydrogen (secondary N) is 2. The Morgan fingerprint density at radius 2 is 1.97 bits per heavy atom. The van der Waals surface area contributed by atoms with Crippen LogP contribution in [-0.4, -0.2) is 35.7 Å². The lowest BCUT2D eigenvalue weighted by Crippen LogP contribution is -2.36. The van der Waals surface area contributed by atoms with Crippen LogP contribution in [0.4, 0.5) is 15.8 Å². The number of carbonyl (C=O) groups excluding carboxylic acids is 1. The Bertz CT molecular complexity index is 1110. The minimum absolute atomic E-state index is 0.235. The molecule has 0 bridgehead atoms. The topological polar surface area (TPSA) is 74.6 Å². The predicted octanol–water partition coefficient (Wildman–Crippen LogP) is 4.20. The number of anilines is 2. The van der Waals surface area contributed by atoms with E-state index in [4.69, 9.17) is 0 Å². The molecule has 0 fully saturated rings. The van der Waals surface area contributed by atoms with Crippen molar-refractivity contribution in [2.45, 2.75) is 33.4 Å². The van der Waals surface area contributed by atoms with E-state index in [1.807, 2.05) is 48.9 Å². The zero-order valence-corrected chi connectivity index (χ0v) is 18.9. The van der Waals surface area contributed by atoms with Gasteiger partial charge in [0.1, 0.15) is 5.82 Å². The first-order chi connectivity index (χ1) is 15.4. The monoisotopic (exact) mass is 436 g/mol. The maximum absolute atomic E-state index is 13.7. The van der Waals surface area contributed by atoms with E-state index in [1.54, 1.807) is 24.3 Å². The largest absolute Gasteiger partial charge is 0.378 e. The molecule has 0 aliphatic heterocycles. The third-order valence-corrected chi connectivity index (χ3v) is 4.85. The Morgan fingerprint density at radius 3 is 2.69 bits per heavy atom. The highest BCUT2D eigenvalue weighted by Crippen LogP contribution is 2.14. The van der Waals surface area contributed by atoms with Crippen LogP contribution in [0.25, 0.3) is 0 Å². The molecule has 0 atom stereocenters. The van der Waals surface area contributed by atoms with Crippen LogP contribution in [0, 0.1) is 12.7 Å². The first kappa shape index (κ1) is 23.0. The molecule has 0 aliphatic carbocycles. The summed E-state index contributed by atoms with van der Waals surface area (Å²) in [6.45, 7) is 5.18. The molecule has 0 unspecified atom stereocenters. The molecular weight excluding hydrogens is 407 g/mol. The van der Waals surface area contributed by atoms with Crippen LogP contribution in [0.1, 0.15) is 35.0 Å². The van der Waals surface area contributed by atoms with Crippen LogP contribution < -0.4 is 15.5 Å². The molecule has 3 rings (SSSR count). The van der Waals surface area contributed by atoms with Gasteiger partial charge in [0.2, 0.25) is 5.96 Å². The Morgan fingerprint density at radius 1 is 1.19 bits per heavy atom. The maximum Gasteiger partial charge on any atom is 0.258 e. The Labute approximate surface area is 188 Å². The van der Waals surface area contributed by atoms with Gasteiger partial charge < -0.3 is 10.2 Å². The van der Waals surface area contributed by atoms with E-state index in [0.717, 1.165) is 29.9 Å². The van der Waals surface area contributed by atoms with Gasteiger partial charge in [-0.2, -0.15) is 5.10 Å². The Hall–Kier alpha value is -3.68. The highest BCUT2D eigenvalue weighted by molar-refractivity contribution is 6.10. The second-order valence-corrected chi connectivity index (χ2v) is 7.70. The fourth-order valence-corrected chi connectivity index (χ4v) is 3.14. The average molecular weight is 437 g/mol. The summed E-state index contributed by atoms with van der Waals surface area (Å²) in [5.74, 6) is -0.454. The van der Waals surface area contributed by atoms with Gasteiger partial charge in [0.15, 0.2) is 0 Å². The van der Waals surface area contributed by atoms with Crippen LogP contribution >= 0.6 is 0 Å². The number of hydrogen-bond acceptors (Lipinski definition) is 4. The van der Waals surface area contributed by atoms with Crippen LogP contribution in [-0.2, 0) is 13.1 Å². The van der Waals surface area contributed by atoms with E-state index in [0.29, 0.717) is 17.8 Å². The summed E-state index contributed by atoms with van der Waals surface area (Å²) in [7, 11) is 3.83. The second kappa shape index (κ2) is 10.6. The molecule has 0 saturated heterocycles. The standard InChI is InChI=1S/C24H29FN6O/c1-5-12-31-16-19(17(2)29-31)15-26-24(27-21-10-7-9-20(25)14-21)28-23(32)18-8-6-11-22(13-18)30(3)4/h6-11,13-14,16H,5,12,15H2,1-4H3,(H2,26,27,28,32). The lowest BCUT2D eigenvalue weighted by atomic mass is 10.2. The SMILES string of the molecule is CCCn1cc(CN=C(NC(=O)c2cccc(N(C)C)c2)Nc2cccc(F)c2)c(C)n1. The Balaban J connectivity index is 1.84. The summed E-state index contributed by atoms with van der Waals surface area (Å²) in [6.07, 6.45) is 2.95. The molecule has 1 aromatic heterocycles. The first-order valence-corrected chi connectivity index (χ1v) is 10.5. The van der Waals surface area contributed by atoms with Gasteiger partial charge in [-0.1, -0.05) is 19.1 Å². The quantitative estimate of drug-likeness (QED) is 0.430. The van der Waals surface area contributed by atoms with Gasteiger partial charge in [-0.25, -0.2) is 9.38 Å². The van der Waals surface area contributed by atoms with Gasteiger partial charge in [0.05, 0.1) is 12.2 Å². The van der Waals surface area contributed by atoms with E-state index in [9.17, 15) is 9.18 Å². The summed E-state index contributed by atoms with van der Waals surface area (Å²) >= 11 is 0. The highest BCUT2D eigenvalue weighted by atomic mass is 19.1. The summed E-state index contributed by atoms with van der Waals surface area (Å²) in [4.78, 5) is 19.4. The van der Waals surface area contributed by atoms with Crippen molar-refractivity contribution in [3.8, 4) is 0 Å². The van der Waals surface area contributed by atoms with Crippen LogP contribution in [0.3, 0.4) is 0 Å². The molecule has 0 spiro atoms. The summed E-state index contributed by atoms with van der Waals surface area (Å²) in [5.41, 5.74) is 3.74. The number of amides is 1. The number of nitrogens with zero attached hydrogens (tertiary/aromatic N) is 4. The Kier molecular flexibility index (Phi) is 7.59. The minimum Gasteiger partial charge on any atom is -0.378 e. The first-order valence-electron chi connectivity index (χ1n) is 10.5. The third-order valence-electron chi connectivity index (χ3n) is 4.85. The second-order valence-electron chi connectivity index (χ2n) is 7.70. The van der Waals surface area contributed by atoms with E-state index in [2.05, 4.69) is 27.6 Å². The van der Waals surface area contributed by atoms with Crippen LogP contribution in [0.2, 0.25) is 0 Å². The number of aromatic nitrogens is 2. The van der Waals surface area contributed by atoms with Gasteiger partial charge in [0.25, 0.3) is 5.91 Å². The van der Waals surface area contributed by atoms with Crippen molar-refractivity contribution in [2.75, 3.05) is 24.3 Å². The number of aryl methyl sites for hydroxylation is 2. The van der Waals surface area contributed by atoms with Gasteiger partial charge in [0, 0.05) is 49.3 Å². The molecule has 8 heteroatoms. The van der Waals surface area contributed by atoms with E-state index in [-0.39, 0.29) is 17.7 Å². The van der Waals surface area contributed by atoms with Crippen molar-refractivity contribution >= 4 is 23.2 Å². The van der Waals surface area contributed by atoms with E-state index >= 15 is 0 Å². The van der Waals surface area contributed by atoms with Crippen molar-refractivity contribution in [1.82, 2.24) is 15.1 Å². The summed E-state index contributed by atoms with van der Waals surface area (Å²) in [5, 5.41) is 10.3. The number of guanidine groups is 1. The highest BCUT2D eigenvalue weighted by Gasteiger charge is 2.12. The molecule has 0 saturated carbocycles. The molecule has 2 N–H and O–H groups in total.